The second-order valence-electron chi connectivity index (χ2n) is 19.0. The van der Waals surface area contributed by atoms with Crippen molar-refractivity contribution >= 4 is 95.7 Å². The van der Waals surface area contributed by atoms with Crippen molar-refractivity contribution in [1.29, 1.82) is 0 Å². The standard InChI is InChI=1S/C68H52N2/c1-4-25-57(26-5-1)69(58-27-6-2-7-28-58)61-37-39-64-65(45-61)67(55-24-16-23-52(43-55)54-33-31-47-17-10-13-20-50(47)41-54)63-40-38-62(46-66(63)68(64)56-34-32-48-18-11-14-21-51(48)42-56)70(59-29-8-3-9-30-59)60-36-35-49-19-12-15-22-53(49)44-60/h1-15,17-23,25-31,33,35-37,39-46,62H,16,24,32,34,38H2. The molecule has 0 spiro atoms. The van der Waals surface area contributed by atoms with E-state index in [-0.39, 0.29) is 6.04 Å². The van der Waals surface area contributed by atoms with Crippen molar-refractivity contribution in [2.24, 2.45) is 0 Å². The first-order chi connectivity index (χ1) is 34.7. The van der Waals surface area contributed by atoms with Gasteiger partial charge in [-0.1, -0.05) is 182 Å². The molecule has 0 aliphatic heterocycles. The molecule has 10 aromatic carbocycles. The maximum absolute atomic E-state index is 2.63. The molecule has 3 aliphatic carbocycles. The van der Waals surface area contributed by atoms with Gasteiger partial charge < -0.3 is 9.80 Å². The van der Waals surface area contributed by atoms with Gasteiger partial charge in [0, 0.05) is 28.4 Å². The number of nitrogens with zero attached hydrogens (tertiary/aromatic N) is 2. The van der Waals surface area contributed by atoms with Gasteiger partial charge in [0.25, 0.3) is 0 Å². The van der Waals surface area contributed by atoms with Gasteiger partial charge in [0.1, 0.15) is 0 Å². The zero-order chi connectivity index (χ0) is 46.4. The maximum atomic E-state index is 2.63. The van der Waals surface area contributed by atoms with Crippen LogP contribution in [0.1, 0.15) is 53.5 Å². The topological polar surface area (TPSA) is 6.48 Å². The SMILES string of the molecule is C1=C(c2ccc3ccccc3c2)C=C(c2c3c(c(C4=Cc5ccccc5CC4)c4ccc(N(c5ccccc5)c5ccccc5)cc24)=CC(N(c2ccccc2)c2ccc4ccccc4c2)CC=3)CC1. The molecule has 13 rings (SSSR count). The lowest BCUT2D eigenvalue weighted by Gasteiger charge is -2.34. The highest BCUT2D eigenvalue weighted by atomic mass is 15.2. The summed E-state index contributed by atoms with van der Waals surface area (Å²) in [4.78, 5) is 4.99. The summed E-state index contributed by atoms with van der Waals surface area (Å²) in [6, 6.07) is 80.4. The van der Waals surface area contributed by atoms with Crippen LogP contribution in [0.3, 0.4) is 0 Å². The van der Waals surface area contributed by atoms with Gasteiger partial charge in [0.15, 0.2) is 0 Å². The summed E-state index contributed by atoms with van der Waals surface area (Å²) < 4.78 is 0. The predicted molar refractivity (Wildman–Crippen MR) is 300 cm³/mol. The van der Waals surface area contributed by atoms with E-state index in [1.807, 2.05) is 0 Å². The molecule has 0 fully saturated rings. The van der Waals surface area contributed by atoms with Crippen LogP contribution < -0.4 is 20.2 Å². The molecule has 0 amide bonds. The largest absolute Gasteiger partial charge is 0.334 e. The number of aryl methyl sites for hydroxylation is 1. The van der Waals surface area contributed by atoms with Crippen molar-refractivity contribution in [1.82, 2.24) is 0 Å². The average Bonchev–Trinajstić information content (AvgIpc) is 3.43. The number of para-hydroxylation sites is 3. The van der Waals surface area contributed by atoms with Gasteiger partial charge in [-0.15, -0.1) is 0 Å². The lowest BCUT2D eigenvalue weighted by atomic mass is 9.79. The molecule has 1 atom stereocenters. The van der Waals surface area contributed by atoms with Crippen LogP contribution in [0.25, 0.3) is 67.3 Å². The van der Waals surface area contributed by atoms with Crippen molar-refractivity contribution in [3.05, 3.63) is 269 Å². The fourth-order valence-corrected chi connectivity index (χ4v) is 11.6. The third-order valence-corrected chi connectivity index (χ3v) is 14.8. The number of hydrogen-bond acceptors (Lipinski definition) is 2. The first kappa shape index (κ1) is 41.7. The number of fused-ring (bicyclic) bond motifs is 5. The zero-order valence-electron chi connectivity index (χ0n) is 39.2. The molecule has 2 nitrogen and oxygen atoms in total. The Bertz CT molecular complexity index is 3820. The van der Waals surface area contributed by atoms with Crippen LogP contribution in [-0.4, -0.2) is 6.04 Å². The summed E-state index contributed by atoms with van der Waals surface area (Å²) in [5.74, 6) is 0. The summed E-state index contributed by atoms with van der Waals surface area (Å²) in [5, 5.41) is 10.3. The average molecular weight is 897 g/mol. The normalized spacial score (nSPS) is 15.2. The maximum Gasteiger partial charge on any atom is 0.0566 e. The van der Waals surface area contributed by atoms with Crippen LogP contribution in [-0.2, 0) is 6.42 Å². The molecule has 0 saturated heterocycles. The molecule has 0 N–H and O–H groups in total. The van der Waals surface area contributed by atoms with Crippen molar-refractivity contribution < 1.29 is 0 Å². The number of benzene rings is 10. The highest BCUT2D eigenvalue weighted by Crippen LogP contribution is 2.42. The quantitative estimate of drug-likeness (QED) is 0.142. The van der Waals surface area contributed by atoms with E-state index in [0.29, 0.717) is 0 Å². The van der Waals surface area contributed by atoms with E-state index in [1.165, 1.54) is 98.7 Å². The Morgan fingerprint density at radius 2 is 0.986 bits per heavy atom. The van der Waals surface area contributed by atoms with Crippen LogP contribution >= 0.6 is 0 Å². The van der Waals surface area contributed by atoms with E-state index in [0.717, 1.165) is 49.2 Å². The lowest BCUT2D eigenvalue weighted by molar-refractivity contribution is 0.837. The minimum Gasteiger partial charge on any atom is -0.334 e. The van der Waals surface area contributed by atoms with Crippen molar-refractivity contribution in [2.75, 3.05) is 9.80 Å². The van der Waals surface area contributed by atoms with Crippen LogP contribution in [0, 0.1) is 0 Å². The van der Waals surface area contributed by atoms with Crippen molar-refractivity contribution in [2.45, 2.75) is 38.1 Å². The molecule has 0 aromatic heterocycles. The Balaban J connectivity index is 1.10. The van der Waals surface area contributed by atoms with Crippen molar-refractivity contribution in [3.63, 3.8) is 0 Å². The minimum atomic E-state index is 0.0657. The van der Waals surface area contributed by atoms with Crippen LogP contribution in [0.4, 0.5) is 28.4 Å². The molecule has 70 heavy (non-hydrogen) atoms. The highest BCUT2D eigenvalue weighted by Gasteiger charge is 2.27. The Labute approximate surface area is 410 Å². The van der Waals surface area contributed by atoms with E-state index >= 15 is 0 Å². The van der Waals surface area contributed by atoms with Gasteiger partial charge in [0.05, 0.1) is 6.04 Å². The van der Waals surface area contributed by atoms with E-state index in [2.05, 4.69) is 259 Å². The molecular weight excluding hydrogens is 845 g/mol. The molecule has 0 bridgehead atoms. The molecule has 0 radical (unpaired) electrons. The Kier molecular flexibility index (Phi) is 10.7. The van der Waals surface area contributed by atoms with Gasteiger partial charge in [-0.3, -0.25) is 0 Å². The van der Waals surface area contributed by atoms with E-state index in [1.54, 1.807) is 0 Å². The van der Waals surface area contributed by atoms with Gasteiger partial charge >= 0.3 is 0 Å². The summed E-state index contributed by atoms with van der Waals surface area (Å²) >= 11 is 0. The van der Waals surface area contributed by atoms with E-state index in [4.69, 9.17) is 0 Å². The Morgan fingerprint density at radius 3 is 1.73 bits per heavy atom. The van der Waals surface area contributed by atoms with Crippen molar-refractivity contribution in [3.8, 4) is 0 Å². The van der Waals surface area contributed by atoms with Gasteiger partial charge in [0.2, 0.25) is 0 Å². The second-order valence-corrected chi connectivity index (χ2v) is 19.0. The molecule has 10 aromatic rings. The first-order valence-electron chi connectivity index (χ1n) is 24.9. The molecule has 2 heteroatoms. The molecule has 0 saturated carbocycles. The number of hydrogen-bond donors (Lipinski definition) is 0. The predicted octanol–water partition coefficient (Wildman–Crippen LogP) is 16.5. The minimum absolute atomic E-state index is 0.0657. The fraction of sp³-hybridized carbons (Fsp3) is 0.0882. The molecule has 0 heterocycles. The number of anilines is 5. The van der Waals surface area contributed by atoms with Crippen LogP contribution in [0.15, 0.2) is 231 Å². The Hall–Kier alpha value is -8.46. The lowest BCUT2D eigenvalue weighted by Crippen LogP contribution is -2.41. The zero-order valence-corrected chi connectivity index (χ0v) is 39.2. The second kappa shape index (κ2) is 17.9. The number of rotatable bonds is 9. The summed E-state index contributed by atoms with van der Waals surface area (Å²) in [6.45, 7) is 0. The molecule has 334 valence electrons. The highest BCUT2D eigenvalue weighted by molar-refractivity contribution is 6.07. The number of allylic oxidation sites excluding steroid dienone is 5. The third-order valence-electron chi connectivity index (χ3n) is 14.8. The van der Waals surface area contributed by atoms with E-state index < -0.39 is 0 Å². The summed E-state index contributed by atoms with van der Waals surface area (Å²) in [5.41, 5.74) is 16.6. The Morgan fingerprint density at radius 1 is 0.386 bits per heavy atom. The van der Waals surface area contributed by atoms with Gasteiger partial charge in [-0.05, 0) is 186 Å². The van der Waals surface area contributed by atoms with Crippen LogP contribution in [0.2, 0.25) is 0 Å². The van der Waals surface area contributed by atoms with E-state index in [9.17, 15) is 0 Å². The molecular formula is C68H52N2. The monoisotopic (exact) mass is 896 g/mol. The molecule has 3 aliphatic rings. The summed E-state index contributed by atoms with van der Waals surface area (Å²) in [6.07, 6.45) is 17.5. The van der Waals surface area contributed by atoms with Gasteiger partial charge in [-0.2, -0.15) is 0 Å². The van der Waals surface area contributed by atoms with Crippen LogP contribution in [0.5, 0.6) is 0 Å². The third kappa shape index (κ3) is 7.63. The molecule has 1 unspecified atom stereocenters. The first-order valence-corrected chi connectivity index (χ1v) is 24.9. The van der Waals surface area contributed by atoms with Gasteiger partial charge in [-0.25, -0.2) is 0 Å². The summed E-state index contributed by atoms with van der Waals surface area (Å²) in [7, 11) is 0. The smallest absolute Gasteiger partial charge is 0.0566 e. The fourth-order valence-electron chi connectivity index (χ4n) is 11.6.